The van der Waals surface area contributed by atoms with E-state index in [1.54, 1.807) is 49.4 Å². The quantitative estimate of drug-likeness (QED) is 0.683. The maximum absolute atomic E-state index is 13.3. The Morgan fingerprint density at radius 1 is 1.14 bits per heavy atom. The summed E-state index contributed by atoms with van der Waals surface area (Å²) < 4.78 is 0. The second-order valence-electron chi connectivity index (χ2n) is 6.41. The highest BCUT2D eigenvalue weighted by Gasteiger charge is 2.40. The molecule has 0 spiro atoms. The molecule has 150 valence electrons. The summed E-state index contributed by atoms with van der Waals surface area (Å²) >= 11 is 7.15. The largest absolute Gasteiger partial charge is 0.396 e. The van der Waals surface area contributed by atoms with Crippen LogP contribution in [-0.4, -0.2) is 35.2 Å². The first kappa shape index (κ1) is 21.1. The maximum Gasteiger partial charge on any atom is 0.272 e. The van der Waals surface area contributed by atoms with Crippen LogP contribution >= 0.6 is 23.4 Å². The highest BCUT2D eigenvalue weighted by Crippen LogP contribution is 2.39. The predicted molar refractivity (Wildman–Crippen MR) is 116 cm³/mol. The zero-order chi connectivity index (χ0) is 21.1. The first-order chi connectivity index (χ1) is 13.8. The molecule has 1 aliphatic rings. The van der Waals surface area contributed by atoms with Crippen molar-refractivity contribution < 1.29 is 19.5 Å². The van der Waals surface area contributed by atoms with Crippen molar-refractivity contribution in [2.75, 3.05) is 22.6 Å². The molecular weight excluding hydrogens is 412 g/mol. The van der Waals surface area contributed by atoms with Crippen LogP contribution in [0.15, 0.2) is 47.4 Å². The van der Waals surface area contributed by atoms with E-state index >= 15 is 0 Å². The molecular formula is C21H19ClN2O4S. The van der Waals surface area contributed by atoms with Crippen LogP contribution in [-0.2, 0) is 14.4 Å². The van der Waals surface area contributed by atoms with Gasteiger partial charge < -0.3 is 10.4 Å². The number of rotatable bonds is 6. The minimum Gasteiger partial charge on any atom is -0.396 e. The molecule has 6 nitrogen and oxygen atoms in total. The van der Waals surface area contributed by atoms with E-state index in [0.29, 0.717) is 27.5 Å². The second kappa shape index (κ2) is 8.82. The Balaban J connectivity index is 2.04. The Bertz CT molecular complexity index is 1020. The standard InChI is InChI=1S/C21H19ClN2O4S/c1-12-11-15(22)5-8-17(12)24-20(27)18(19(21(24)28)29-10-9-25)14-3-6-16(7-4-14)23-13(2)26/h3-8,11,25H,9-10H2,1-2H3,(H,23,26). The fourth-order valence-corrected chi connectivity index (χ4v) is 4.14. The summed E-state index contributed by atoms with van der Waals surface area (Å²) in [6.45, 7) is 3.07. The molecule has 1 heterocycles. The number of nitrogens with zero attached hydrogens (tertiary/aromatic N) is 1. The number of imide groups is 1. The molecule has 0 atom stereocenters. The van der Waals surface area contributed by atoms with Crippen LogP contribution < -0.4 is 10.2 Å². The molecule has 2 N–H and O–H groups in total. The minimum atomic E-state index is -0.437. The SMILES string of the molecule is CC(=O)Nc1ccc(C2=C(SCCO)C(=O)N(c3ccc(Cl)cc3C)C2=O)cc1. The van der Waals surface area contributed by atoms with E-state index in [1.807, 2.05) is 0 Å². The number of amides is 3. The number of aliphatic hydroxyl groups is 1. The molecule has 3 amide bonds. The molecule has 8 heteroatoms. The van der Waals surface area contributed by atoms with Gasteiger partial charge in [-0.3, -0.25) is 14.4 Å². The third-order valence-electron chi connectivity index (χ3n) is 4.27. The number of benzene rings is 2. The number of aryl methyl sites for hydroxylation is 1. The molecule has 0 aliphatic carbocycles. The Labute approximate surface area is 177 Å². The number of halogens is 1. The normalized spacial score (nSPS) is 14.0. The fraction of sp³-hybridized carbons (Fsp3) is 0.190. The maximum atomic E-state index is 13.3. The van der Waals surface area contributed by atoms with Crippen molar-refractivity contribution in [3.63, 3.8) is 0 Å². The van der Waals surface area contributed by atoms with Crippen LogP contribution in [0, 0.1) is 6.92 Å². The summed E-state index contributed by atoms with van der Waals surface area (Å²) in [5.74, 6) is -0.782. The Kier molecular flexibility index (Phi) is 6.42. The smallest absolute Gasteiger partial charge is 0.272 e. The molecule has 0 unspecified atom stereocenters. The first-order valence-corrected chi connectivity index (χ1v) is 10.2. The van der Waals surface area contributed by atoms with E-state index in [1.165, 1.54) is 6.92 Å². The Hall–Kier alpha value is -2.61. The lowest BCUT2D eigenvalue weighted by molar-refractivity contribution is -0.120. The average Bonchev–Trinajstić information content (AvgIpc) is 2.90. The Morgan fingerprint density at radius 3 is 2.41 bits per heavy atom. The number of thioether (sulfide) groups is 1. The molecule has 0 fully saturated rings. The summed E-state index contributed by atoms with van der Waals surface area (Å²) in [6.07, 6.45) is 0. The lowest BCUT2D eigenvalue weighted by Crippen LogP contribution is -2.32. The van der Waals surface area contributed by atoms with Crippen molar-refractivity contribution in [3.8, 4) is 0 Å². The lowest BCUT2D eigenvalue weighted by atomic mass is 10.1. The zero-order valence-electron chi connectivity index (χ0n) is 15.9. The van der Waals surface area contributed by atoms with Crippen molar-refractivity contribution in [2.45, 2.75) is 13.8 Å². The van der Waals surface area contributed by atoms with Crippen LogP contribution in [0.5, 0.6) is 0 Å². The van der Waals surface area contributed by atoms with Gasteiger partial charge in [-0.2, -0.15) is 0 Å². The van der Waals surface area contributed by atoms with Gasteiger partial charge in [-0.1, -0.05) is 23.7 Å². The molecule has 0 bridgehead atoms. The van der Waals surface area contributed by atoms with E-state index in [9.17, 15) is 19.5 Å². The number of anilines is 2. The number of carbonyl (C=O) groups excluding carboxylic acids is 3. The minimum absolute atomic E-state index is 0.121. The topological polar surface area (TPSA) is 86.7 Å². The molecule has 0 saturated carbocycles. The first-order valence-electron chi connectivity index (χ1n) is 8.84. The number of hydrogen-bond acceptors (Lipinski definition) is 5. The summed E-state index contributed by atoms with van der Waals surface area (Å²) in [4.78, 5) is 39.0. The third-order valence-corrected chi connectivity index (χ3v) is 5.56. The average molecular weight is 431 g/mol. The van der Waals surface area contributed by atoms with Crippen LogP contribution in [0.25, 0.3) is 5.57 Å². The van der Waals surface area contributed by atoms with Crippen LogP contribution in [0.3, 0.4) is 0 Å². The molecule has 2 aromatic carbocycles. The monoisotopic (exact) mass is 430 g/mol. The molecule has 29 heavy (non-hydrogen) atoms. The van der Waals surface area contributed by atoms with Gasteiger partial charge in [0.25, 0.3) is 11.8 Å². The molecule has 0 saturated heterocycles. The van der Waals surface area contributed by atoms with Gasteiger partial charge in [0.2, 0.25) is 5.91 Å². The predicted octanol–water partition coefficient (Wildman–Crippen LogP) is 3.62. The van der Waals surface area contributed by atoms with Crippen LogP contribution in [0.1, 0.15) is 18.1 Å². The number of aliphatic hydroxyl groups excluding tert-OH is 1. The summed E-state index contributed by atoms with van der Waals surface area (Å²) in [7, 11) is 0. The van der Waals surface area contributed by atoms with E-state index in [-0.39, 0.29) is 28.7 Å². The number of nitrogens with one attached hydrogen (secondary N) is 1. The van der Waals surface area contributed by atoms with E-state index < -0.39 is 11.8 Å². The number of hydrogen-bond donors (Lipinski definition) is 2. The van der Waals surface area contributed by atoms with Crippen molar-refractivity contribution in [1.82, 2.24) is 0 Å². The van der Waals surface area contributed by atoms with Crippen LogP contribution in [0.4, 0.5) is 11.4 Å². The van der Waals surface area contributed by atoms with Crippen molar-refractivity contribution in [1.29, 1.82) is 0 Å². The van der Waals surface area contributed by atoms with Gasteiger partial charge in [-0.25, -0.2) is 4.90 Å². The summed E-state index contributed by atoms with van der Waals surface area (Å²) in [6, 6.07) is 11.7. The highest BCUT2D eigenvalue weighted by atomic mass is 35.5. The van der Waals surface area contributed by atoms with Gasteiger partial charge in [-0.05, 0) is 48.4 Å². The summed E-state index contributed by atoms with van der Waals surface area (Å²) in [5.41, 5.74) is 2.60. The fourth-order valence-electron chi connectivity index (χ4n) is 3.06. The van der Waals surface area contributed by atoms with Gasteiger partial charge in [0.05, 0.1) is 22.8 Å². The lowest BCUT2D eigenvalue weighted by Gasteiger charge is -2.18. The van der Waals surface area contributed by atoms with Gasteiger partial charge in [0.1, 0.15) is 0 Å². The molecule has 0 radical (unpaired) electrons. The molecule has 1 aliphatic heterocycles. The van der Waals surface area contributed by atoms with E-state index in [2.05, 4.69) is 5.32 Å². The molecule has 3 rings (SSSR count). The number of carbonyl (C=O) groups is 3. The van der Waals surface area contributed by atoms with Crippen molar-refractivity contribution >= 4 is 58.0 Å². The molecule has 2 aromatic rings. The second-order valence-corrected chi connectivity index (χ2v) is 7.95. The summed E-state index contributed by atoms with van der Waals surface area (Å²) in [5, 5.41) is 12.4. The van der Waals surface area contributed by atoms with Gasteiger partial charge in [-0.15, -0.1) is 11.8 Å². The van der Waals surface area contributed by atoms with Gasteiger partial charge in [0, 0.05) is 23.4 Å². The van der Waals surface area contributed by atoms with Crippen molar-refractivity contribution in [2.24, 2.45) is 0 Å². The Morgan fingerprint density at radius 2 is 1.83 bits per heavy atom. The molecule has 0 aromatic heterocycles. The zero-order valence-corrected chi connectivity index (χ0v) is 17.4. The van der Waals surface area contributed by atoms with Crippen LogP contribution in [0.2, 0.25) is 5.02 Å². The van der Waals surface area contributed by atoms with Gasteiger partial charge in [0.15, 0.2) is 0 Å². The van der Waals surface area contributed by atoms with E-state index in [4.69, 9.17) is 11.6 Å². The van der Waals surface area contributed by atoms with Crippen molar-refractivity contribution in [3.05, 3.63) is 63.5 Å². The van der Waals surface area contributed by atoms with E-state index in [0.717, 1.165) is 16.7 Å². The highest BCUT2D eigenvalue weighted by molar-refractivity contribution is 8.04. The van der Waals surface area contributed by atoms with Gasteiger partial charge >= 0.3 is 0 Å². The third kappa shape index (κ3) is 4.37.